The normalized spacial score (nSPS) is 10.7. The number of hydrogen-bond donors (Lipinski definition) is 0. The number of benzene rings is 1. The van der Waals surface area contributed by atoms with Crippen LogP contribution in [0.15, 0.2) is 12.7 Å². The predicted molar refractivity (Wildman–Crippen MR) is 99.4 cm³/mol. The second-order valence-electron chi connectivity index (χ2n) is 6.74. The summed E-state index contributed by atoms with van der Waals surface area (Å²) in [4.78, 5) is 36.4. The minimum atomic E-state index is -0.746. The molecule has 0 radical (unpaired) electrons. The zero-order valence-electron chi connectivity index (χ0n) is 16.6. The van der Waals surface area contributed by atoms with Crippen LogP contribution in [0.3, 0.4) is 0 Å². The first-order valence-electron chi connectivity index (χ1n) is 8.29. The maximum absolute atomic E-state index is 12.5. The number of allylic oxidation sites excluding steroid dienone is 1. The molecule has 0 aliphatic carbocycles. The van der Waals surface area contributed by atoms with E-state index in [0.717, 1.165) is 0 Å². The van der Waals surface area contributed by atoms with Crippen molar-refractivity contribution in [3.63, 3.8) is 0 Å². The van der Waals surface area contributed by atoms with Gasteiger partial charge < -0.3 is 18.9 Å². The van der Waals surface area contributed by atoms with Crippen LogP contribution < -0.4 is 9.47 Å². The number of rotatable bonds is 8. The quantitative estimate of drug-likeness (QED) is 0.390. The van der Waals surface area contributed by atoms with Crippen molar-refractivity contribution in [2.24, 2.45) is 5.41 Å². The minimum Gasteiger partial charge on any atom is -0.496 e. The van der Waals surface area contributed by atoms with E-state index in [-0.39, 0.29) is 34.8 Å². The second kappa shape index (κ2) is 9.21. The van der Waals surface area contributed by atoms with Crippen LogP contribution in [-0.4, -0.2) is 39.6 Å². The molecule has 1 rings (SSSR count). The maximum Gasteiger partial charge on any atom is 0.342 e. The molecule has 148 valence electrons. The first-order chi connectivity index (χ1) is 12.7. The molecule has 0 bridgehead atoms. The van der Waals surface area contributed by atoms with Crippen LogP contribution in [0.25, 0.3) is 0 Å². The standard InChI is InChI=1S/C20H26O7/c1-8-9-12-16(24-5)13(10-21)14(11-27-19(23)20(2,3)4)15(17(12)25-6)18(22)26-7/h8,10H,1,9,11H2,2-7H3. The molecule has 7 heteroatoms. The Bertz CT molecular complexity index is 742. The molecular formula is C20H26O7. The van der Waals surface area contributed by atoms with Gasteiger partial charge in [0, 0.05) is 11.1 Å². The van der Waals surface area contributed by atoms with Crippen molar-refractivity contribution in [2.75, 3.05) is 21.3 Å². The van der Waals surface area contributed by atoms with Crippen LogP contribution >= 0.6 is 0 Å². The minimum absolute atomic E-state index is 0.0152. The van der Waals surface area contributed by atoms with E-state index in [1.807, 2.05) is 0 Å². The highest BCUT2D eigenvalue weighted by Gasteiger charge is 2.31. The number of methoxy groups -OCH3 is 3. The van der Waals surface area contributed by atoms with Gasteiger partial charge in [-0.2, -0.15) is 0 Å². The highest BCUT2D eigenvalue weighted by Crippen LogP contribution is 2.40. The lowest BCUT2D eigenvalue weighted by Gasteiger charge is -2.22. The molecule has 0 spiro atoms. The molecule has 0 fully saturated rings. The van der Waals surface area contributed by atoms with E-state index in [1.165, 1.54) is 21.3 Å². The third-order valence-corrected chi connectivity index (χ3v) is 3.87. The summed E-state index contributed by atoms with van der Waals surface area (Å²) in [5.74, 6) is -0.782. The molecule has 0 N–H and O–H groups in total. The molecule has 0 aliphatic heterocycles. The summed E-state index contributed by atoms with van der Waals surface area (Å²) >= 11 is 0. The average Bonchev–Trinajstić information content (AvgIpc) is 2.63. The van der Waals surface area contributed by atoms with E-state index in [1.54, 1.807) is 26.8 Å². The molecule has 0 saturated carbocycles. The zero-order chi connectivity index (χ0) is 20.8. The van der Waals surface area contributed by atoms with Gasteiger partial charge in [-0.25, -0.2) is 4.79 Å². The Hall–Kier alpha value is -2.83. The van der Waals surface area contributed by atoms with Gasteiger partial charge in [0.05, 0.1) is 32.3 Å². The Morgan fingerprint density at radius 2 is 1.63 bits per heavy atom. The Kier molecular flexibility index (Phi) is 7.57. The predicted octanol–water partition coefficient (Wildman–Crippen LogP) is 3.12. The van der Waals surface area contributed by atoms with Gasteiger partial charge in [0.25, 0.3) is 0 Å². The second-order valence-corrected chi connectivity index (χ2v) is 6.74. The lowest BCUT2D eigenvalue weighted by atomic mass is 9.93. The van der Waals surface area contributed by atoms with Gasteiger partial charge in [-0.3, -0.25) is 9.59 Å². The van der Waals surface area contributed by atoms with Gasteiger partial charge in [-0.15, -0.1) is 6.58 Å². The van der Waals surface area contributed by atoms with E-state index >= 15 is 0 Å². The Morgan fingerprint density at radius 1 is 1.04 bits per heavy atom. The van der Waals surface area contributed by atoms with Gasteiger partial charge in [0.1, 0.15) is 23.7 Å². The molecular weight excluding hydrogens is 352 g/mol. The first kappa shape index (κ1) is 22.2. The summed E-state index contributed by atoms with van der Waals surface area (Å²) in [5.41, 5.74) is 0.00192. The van der Waals surface area contributed by atoms with Crippen LogP contribution in [0.4, 0.5) is 0 Å². The summed E-state index contributed by atoms with van der Waals surface area (Å²) < 4.78 is 21.0. The van der Waals surface area contributed by atoms with Crippen LogP contribution in [0.1, 0.15) is 52.6 Å². The van der Waals surface area contributed by atoms with Crippen molar-refractivity contribution < 1.29 is 33.3 Å². The SMILES string of the molecule is C=CCc1c(OC)c(C=O)c(COC(=O)C(C)(C)C)c(C(=O)OC)c1OC. The topological polar surface area (TPSA) is 88.1 Å². The van der Waals surface area contributed by atoms with Crippen LogP contribution in [0, 0.1) is 5.41 Å². The zero-order valence-corrected chi connectivity index (χ0v) is 16.6. The summed E-state index contributed by atoms with van der Waals surface area (Å²) in [6.07, 6.45) is 2.44. The molecule has 0 atom stereocenters. The molecule has 27 heavy (non-hydrogen) atoms. The van der Waals surface area contributed by atoms with Crippen LogP contribution in [-0.2, 0) is 27.3 Å². The third-order valence-electron chi connectivity index (χ3n) is 3.87. The summed E-state index contributed by atoms with van der Waals surface area (Å²) in [5, 5.41) is 0. The maximum atomic E-state index is 12.5. The van der Waals surface area contributed by atoms with E-state index in [0.29, 0.717) is 18.3 Å². The van der Waals surface area contributed by atoms with Crippen molar-refractivity contribution in [1.29, 1.82) is 0 Å². The monoisotopic (exact) mass is 378 g/mol. The number of aldehydes is 1. The van der Waals surface area contributed by atoms with Crippen molar-refractivity contribution in [1.82, 2.24) is 0 Å². The summed E-state index contributed by atoms with van der Waals surface area (Å²) in [6.45, 7) is 8.47. The molecule has 0 heterocycles. The van der Waals surface area contributed by atoms with E-state index in [4.69, 9.17) is 18.9 Å². The lowest BCUT2D eigenvalue weighted by molar-refractivity contribution is -0.154. The van der Waals surface area contributed by atoms with Gasteiger partial charge in [-0.05, 0) is 27.2 Å². The Morgan fingerprint density at radius 3 is 2.04 bits per heavy atom. The van der Waals surface area contributed by atoms with Gasteiger partial charge in [-0.1, -0.05) is 6.08 Å². The first-order valence-corrected chi connectivity index (χ1v) is 8.29. The van der Waals surface area contributed by atoms with Gasteiger partial charge in [0.2, 0.25) is 0 Å². The Balaban J connectivity index is 3.75. The highest BCUT2D eigenvalue weighted by atomic mass is 16.5. The molecule has 1 aromatic rings. The van der Waals surface area contributed by atoms with E-state index < -0.39 is 17.4 Å². The smallest absolute Gasteiger partial charge is 0.342 e. The van der Waals surface area contributed by atoms with Crippen LogP contribution in [0.5, 0.6) is 11.5 Å². The van der Waals surface area contributed by atoms with Crippen molar-refractivity contribution >= 4 is 18.2 Å². The fourth-order valence-corrected chi connectivity index (χ4v) is 2.56. The average molecular weight is 378 g/mol. The van der Waals surface area contributed by atoms with Crippen molar-refractivity contribution in [3.05, 3.63) is 34.9 Å². The van der Waals surface area contributed by atoms with Crippen LogP contribution in [0.2, 0.25) is 0 Å². The van der Waals surface area contributed by atoms with E-state index in [2.05, 4.69) is 6.58 Å². The van der Waals surface area contributed by atoms with Crippen molar-refractivity contribution in [3.8, 4) is 11.5 Å². The number of esters is 2. The number of hydrogen-bond acceptors (Lipinski definition) is 7. The fraction of sp³-hybridized carbons (Fsp3) is 0.450. The molecule has 7 nitrogen and oxygen atoms in total. The van der Waals surface area contributed by atoms with Gasteiger partial charge >= 0.3 is 11.9 Å². The van der Waals surface area contributed by atoms with E-state index in [9.17, 15) is 14.4 Å². The molecule has 0 aromatic heterocycles. The third kappa shape index (κ3) is 4.67. The number of ether oxygens (including phenoxy) is 4. The largest absolute Gasteiger partial charge is 0.496 e. The van der Waals surface area contributed by atoms with Gasteiger partial charge in [0.15, 0.2) is 6.29 Å². The molecule has 0 amide bonds. The molecule has 0 saturated heterocycles. The molecule has 0 aliphatic rings. The fourth-order valence-electron chi connectivity index (χ4n) is 2.56. The Labute approximate surface area is 159 Å². The number of carbonyl (C=O) groups excluding carboxylic acids is 3. The highest BCUT2D eigenvalue weighted by molar-refractivity contribution is 5.99. The van der Waals surface area contributed by atoms with Crippen molar-refractivity contribution in [2.45, 2.75) is 33.8 Å². The summed E-state index contributed by atoms with van der Waals surface area (Å²) in [7, 11) is 4.00. The lowest BCUT2D eigenvalue weighted by Crippen LogP contribution is -2.24. The summed E-state index contributed by atoms with van der Waals surface area (Å²) in [6, 6.07) is 0. The molecule has 1 aromatic carbocycles. The number of carbonyl (C=O) groups is 3. The molecule has 0 unspecified atom stereocenters.